The van der Waals surface area contributed by atoms with Crippen molar-refractivity contribution in [2.45, 2.75) is 18.9 Å². The van der Waals surface area contributed by atoms with Crippen molar-refractivity contribution in [3.8, 4) is 11.5 Å². The van der Waals surface area contributed by atoms with E-state index in [1.807, 2.05) is 28.5 Å². The molecule has 0 unspecified atom stereocenters. The van der Waals surface area contributed by atoms with Gasteiger partial charge in [-0.2, -0.15) is 0 Å². The molecule has 1 aliphatic rings. The third-order valence-electron chi connectivity index (χ3n) is 3.71. The van der Waals surface area contributed by atoms with Gasteiger partial charge in [0, 0.05) is 24.2 Å². The second-order valence-electron chi connectivity index (χ2n) is 5.08. The fourth-order valence-electron chi connectivity index (χ4n) is 2.64. The van der Waals surface area contributed by atoms with Gasteiger partial charge in [-0.3, -0.25) is 4.79 Å². The summed E-state index contributed by atoms with van der Waals surface area (Å²) in [5.74, 6) is 1.35. The van der Waals surface area contributed by atoms with E-state index in [9.17, 15) is 4.79 Å². The van der Waals surface area contributed by atoms with Crippen LogP contribution in [0, 0.1) is 0 Å². The van der Waals surface area contributed by atoms with Gasteiger partial charge in [-0.25, -0.2) is 4.98 Å². The van der Waals surface area contributed by atoms with Crippen LogP contribution in [0.4, 0.5) is 0 Å². The first-order valence-corrected chi connectivity index (χ1v) is 8.11. The van der Waals surface area contributed by atoms with Crippen LogP contribution in [0.5, 0.6) is 11.5 Å². The third-order valence-corrected chi connectivity index (χ3v) is 4.59. The predicted octanol–water partition coefficient (Wildman–Crippen LogP) is 2.89. The number of rotatable bonds is 5. The fourth-order valence-corrected chi connectivity index (χ4v) is 3.42. The van der Waals surface area contributed by atoms with Crippen molar-refractivity contribution in [2.75, 3.05) is 20.3 Å². The van der Waals surface area contributed by atoms with Gasteiger partial charge in [0.2, 0.25) is 0 Å². The highest BCUT2D eigenvalue weighted by Crippen LogP contribution is 2.33. The Bertz CT molecular complexity index is 630. The van der Waals surface area contributed by atoms with Crippen LogP contribution in [0.1, 0.15) is 23.9 Å². The minimum absolute atomic E-state index is 0.000481. The number of nitrogens with zero attached hydrogens (tertiary/aromatic N) is 2. The fraction of sp³-hybridized carbons (Fsp3) is 0.375. The first kappa shape index (κ1) is 14.8. The van der Waals surface area contributed by atoms with Crippen LogP contribution < -0.4 is 9.47 Å². The predicted molar refractivity (Wildman–Crippen MR) is 84.3 cm³/mol. The topological polar surface area (TPSA) is 51.7 Å². The molecule has 1 aromatic heterocycles. The highest BCUT2D eigenvalue weighted by molar-refractivity contribution is 7.09. The molecule has 1 aromatic carbocycles. The largest absolute Gasteiger partial charge is 0.497 e. The maximum atomic E-state index is 12.4. The number of likely N-dealkylation sites (tertiary alicyclic amines) is 1. The zero-order valence-corrected chi connectivity index (χ0v) is 13.2. The molecule has 116 valence electrons. The number of carbonyl (C=O) groups excluding carboxylic acids is 1. The van der Waals surface area contributed by atoms with Crippen LogP contribution in [0.3, 0.4) is 0 Å². The van der Waals surface area contributed by atoms with Gasteiger partial charge in [0.15, 0.2) is 6.61 Å². The maximum Gasteiger partial charge on any atom is 0.261 e. The standard InChI is InChI=1S/C16H18N2O3S/c1-20-12-4-2-5-13(10-12)21-11-15(19)18-8-3-6-14(18)16-17-7-9-22-16/h2,4-5,7,9-10,14H,3,6,8,11H2,1H3/t14-/m1/s1. The van der Waals surface area contributed by atoms with E-state index in [-0.39, 0.29) is 18.6 Å². The lowest BCUT2D eigenvalue weighted by Gasteiger charge is -2.23. The highest BCUT2D eigenvalue weighted by Gasteiger charge is 2.31. The molecule has 2 heterocycles. The molecule has 0 N–H and O–H groups in total. The van der Waals surface area contributed by atoms with Gasteiger partial charge in [-0.1, -0.05) is 6.07 Å². The second-order valence-corrected chi connectivity index (χ2v) is 6.01. The molecule has 0 aliphatic carbocycles. The normalized spacial score (nSPS) is 17.5. The van der Waals surface area contributed by atoms with E-state index in [4.69, 9.17) is 9.47 Å². The number of hydrogen-bond acceptors (Lipinski definition) is 5. The molecule has 0 radical (unpaired) electrons. The van der Waals surface area contributed by atoms with Crippen molar-refractivity contribution in [1.29, 1.82) is 0 Å². The minimum Gasteiger partial charge on any atom is -0.497 e. The summed E-state index contributed by atoms with van der Waals surface area (Å²) in [6, 6.07) is 7.37. The van der Waals surface area contributed by atoms with E-state index in [2.05, 4.69) is 4.98 Å². The lowest BCUT2D eigenvalue weighted by Crippen LogP contribution is -2.34. The molecular formula is C16H18N2O3S. The molecule has 0 bridgehead atoms. The highest BCUT2D eigenvalue weighted by atomic mass is 32.1. The van der Waals surface area contributed by atoms with Crippen LogP contribution in [0.15, 0.2) is 35.8 Å². The molecule has 1 fully saturated rings. The first-order valence-electron chi connectivity index (χ1n) is 7.23. The molecule has 22 heavy (non-hydrogen) atoms. The Hall–Kier alpha value is -2.08. The molecule has 1 amide bonds. The summed E-state index contributed by atoms with van der Waals surface area (Å²) >= 11 is 1.60. The van der Waals surface area contributed by atoms with Crippen LogP contribution in [-0.2, 0) is 4.79 Å². The summed E-state index contributed by atoms with van der Waals surface area (Å²) < 4.78 is 10.7. The lowest BCUT2D eigenvalue weighted by atomic mass is 10.2. The third kappa shape index (κ3) is 3.22. The van der Waals surface area contributed by atoms with Gasteiger partial charge in [0.25, 0.3) is 5.91 Å². The van der Waals surface area contributed by atoms with E-state index in [0.717, 1.165) is 24.4 Å². The number of benzene rings is 1. The Morgan fingerprint density at radius 1 is 1.45 bits per heavy atom. The summed E-state index contributed by atoms with van der Waals surface area (Å²) in [5, 5.41) is 2.95. The van der Waals surface area contributed by atoms with E-state index in [1.165, 1.54) is 0 Å². The van der Waals surface area contributed by atoms with Gasteiger partial charge < -0.3 is 14.4 Å². The number of thiazole rings is 1. The number of carbonyl (C=O) groups is 1. The van der Waals surface area contributed by atoms with Crippen LogP contribution in [0.25, 0.3) is 0 Å². The van der Waals surface area contributed by atoms with Crippen molar-refractivity contribution < 1.29 is 14.3 Å². The Balaban J connectivity index is 1.61. The van der Waals surface area contributed by atoms with Gasteiger partial charge in [0.05, 0.1) is 13.2 Å². The van der Waals surface area contributed by atoms with E-state index in [1.54, 1.807) is 30.7 Å². The number of ether oxygens (including phenoxy) is 2. The monoisotopic (exact) mass is 318 g/mol. The molecule has 6 heteroatoms. The SMILES string of the molecule is COc1cccc(OCC(=O)N2CCC[C@@H]2c2nccs2)c1. The van der Waals surface area contributed by atoms with Crippen molar-refractivity contribution in [2.24, 2.45) is 0 Å². The number of amides is 1. The molecule has 1 atom stereocenters. The average molecular weight is 318 g/mol. The molecular weight excluding hydrogens is 300 g/mol. The van der Waals surface area contributed by atoms with Crippen LogP contribution >= 0.6 is 11.3 Å². The molecule has 3 rings (SSSR count). The summed E-state index contributed by atoms with van der Waals surface area (Å²) in [4.78, 5) is 18.6. The molecule has 1 saturated heterocycles. The Morgan fingerprint density at radius 2 is 2.32 bits per heavy atom. The summed E-state index contributed by atoms with van der Waals surface area (Å²) in [5.41, 5.74) is 0. The van der Waals surface area contributed by atoms with Crippen LogP contribution in [0.2, 0.25) is 0 Å². The second kappa shape index (κ2) is 6.79. The number of methoxy groups -OCH3 is 1. The van der Waals surface area contributed by atoms with Crippen LogP contribution in [-0.4, -0.2) is 36.1 Å². The van der Waals surface area contributed by atoms with Crippen molar-refractivity contribution in [1.82, 2.24) is 9.88 Å². The van der Waals surface area contributed by atoms with E-state index < -0.39 is 0 Å². The first-order chi connectivity index (χ1) is 10.8. The average Bonchev–Trinajstić information content (AvgIpc) is 3.23. The Labute approximate surface area is 133 Å². The summed E-state index contributed by atoms with van der Waals surface area (Å²) in [7, 11) is 1.60. The quantitative estimate of drug-likeness (QED) is 0.850. The molecule has 5 nitrogen and oxygen atoms in total. The maximum absolute atomic E-state index is 12.4. The van der Waals surface area contributed by atoms with E-state index in [0.29, 0.717) is 11.5 Å². The number of aromatic nitrogens is 1. The Kier molecular flexibility index (Phi) is 4.58. The molecule has 0 spiro atoms. The zero-order valence-electron chi connectivity index (χ0n) is 12.4. The van der Waals surface area contributed by atoms with Gasteiger partial charge in [-0.15, -0.1) is 11.3 Å². The molecule has 1 aliphatic heterocycles. The van der Waals surface area contributed by atoms with E-state index >= 15 is 0 Å². The van der Waals surface area contributed by atoms with Crippen molar-refractivity contribution in [3.05, 3.63) is 40.8 Å². The number of hydrogen-bond donors (Lipinski definition) is 0. The zero-order chi connectivity index (χ0) is 15.4. The van der Waals surface area contributed by atoms with Crippen molar-refractivity contribution in [3.63, 3.8) is 0 Å². The lowest BCUT2D eigenvalue weighted by molar-refractivity contribution is -0.134. The van der Waals surface area contributed by atoms with Gasteiger partial charge >= 0.3 is 0 Å². The molecule has 2 aromatic rings. The van der Waals surface area contributed by atoms with Gasteiger partial charge in [-0.05, 0) is 25.0 Å². The summed E-state index contributed by atoms with van der Waals surface area (Å²) in [6.07, 6.45) is 3.77. The minimum atomic E-state index is 0.000481. The van der Waals surface area contributed by atoms with Crippen molar-refractivity contribution >= 4 is 17.2 Å². The Morgan fingerprint density at radius 3 is 3.09 bits per heavy atom. The smallest absolute Gasteiger partial charge is 0.261 e. The van der Waals surface area contributed by atoms with Gasteiger partial charge in [0.1, 0.15) is 16.5 Å². The summed E-state index contributed by atoms with van der Waals surface area (Å²) in [6.45, 7) is 0.805. The molecule has 0 saturated carbocycles.